The van der Waals surface area contributed by atoms with Gasteiger partial charge in [0.05, 0.1) is 51.9 Å². The average Bonchev–Trinajstić information content (AvgIpc) is 3.73. The summed E-state index contributed by atoms with van der Waals surface area (Å²) in [6.07, 6.45) is 7.96. The summed E-state index contributed by atoms with van der Waals surface area (Å²) in [4.78, 5) is 41.5. The molecule has 2 saturated carbocycles. The second-order valence-electron chi connectivity index (χ2n) is 14.5. The monoisotopic (exact) mass is 761 g/mol. The number of halogens is 2. The number of methoxy groups -OCH3 is 1. The number of carboxylic acid groups (broad SMARTS) is 1. The Kier molecular flexibility index (Phi) is 11.3. The normalized spacial score (nSPS) is 21.7. The van der Waals surface area contributed by atoms with E-state index in [0.29, 0.717) is 69.0 Å². The summed E-state index contributed by atoms with van der Waals surface area (Å²) in [6.45, 7) is 2.99. The van der Waals surface area contributed by atoms with Gasteiger partial charge in [0.25, 0.3) is 5.91 Å². The van der Waals surface area contributed by atoms with E-state index in [1.807, 2.05) is 23.7 Å². The van der Waals surface area contributed by atoms with Crippen LogP contribution in [0.4, 0.5) is 5.69 Å². The smallest absolute Gasteiger partial charge is 0.306 e. The van der Waals surface area contributed by atoms with E-state index >= 15 is 0 Å². The summed E-state index contributed by atoms with van der Waals surface area (Å²) in [5.41, 5.74) is 5.49. The minimum atomic E-state index is -0.685. The molecule has 7 rings (SSSR count). The fraction of sp³-hybridized carbons (Fsp3) is 0.462. The summed E-state index contributed by atoms with van der Waals surface area (Å²) in [5.74, 6) is -0.0201. The first-order chi connectivity index (χ1) is 25.6. The minimum absolute atomic E-state index is 0.221. The predicted molar refractivity (Wildman–Crippen MR) is 203 cm³/mol. The number of hydrogen-bond donors (Lipinski definition) is 4. The number of aliphatic hydroxyl groups is 1. The molecular weight excluding hydrogens is 717 g/mol. The Morgan fingerprint density at radius 3 is 2.55 bits per heavy atom. The first kappa shape index (κ1) is 37.3. The van der Waals surface area contributed by atoms with E-state index in [1.54, 1.807) is 37.6 Å². The molecule has 2 aliphatic carbocycles. The van der Waals surface area contributed by atoms with Crippen LogP contribution in [0.1, 0.15) is 72.5 Å². The molecule has 280 valence electrons. The molecule has 3 aromatic heterocycles. The Balaban J connectivity index is 1.04. The first-order valence-electron chi connectivity index (χ1n) is 18.3. The number of benzene rings is 1. The van der Waals surface area contributed by atoms with Gasteiger partial charge < -0.3 is 30.2 Å². The molecule has 1 amide bonds. The van der Waals surface area contributed by atoms with Crippen LogP contribution in [0.3, 0.4) is 0 Å². The Morgan fingerprint density at radius 1 is 1.00 bits per heavy atom. The molecule has 4 N–H and O–H groups in total. The Bertz CT molecular complexity index is 2000. The molecule has 0 saturated heterocycles. The van der Waals surface area contributed by atoms with Crippen LogP contribution in [0.15, 0.2) is 42.6 Å². The number of imidazole rings is 1. The third kappa shape index (κ3) is 8.07. The van der Waals surface area contributed by atoms with Crippen molar-refractivity contribution in [3.05, 3.63) is 75.4 Å². The van der Waals surface area contributed by atoms with Crippen molar-refractivity contribution in [3.8, 4) is 28.4 Å². The number of carbonyl (C=O) groups is 2. The lowest BCUT2D eigenvalue weighted by Gasteiger charge is -2.33. The third-order valence-corrected chi connectivity index (χ3v) is 11.8. The number of rotatable bonds is 11. The predicted octanol–water partition coefficient (Wildman–Crippen LogP) is 6.36. The number of aliphatic hydroxyl groups excluding tert-OH is 1. The number of carbonyl (C=O) groups excluding carboxylic acids is 1. The molecule has 1 aliphatic heterocycles. The molecule has 0 unspecified atom stereocenters. The van der Waals surface area contributed by atoms with Crippen LogP contribution in [-0.4, -0.2) is 78.9 Å². The maximum absolute atomic E-state index is 13.7. The van der Waals surface area contributed by atoms with Crippen LogP contribution in [0.5, 0.6) is 5.88 Å². The summed E-state index contributed by atoms with van der Waals surface area (Å²) >= 11 is 14.0. The van der Waals surface area contributed by atoms with E-state index in [1.165, 1.54) is 0 Å². The van der Waals surface area contributed by atoms with Gasteiger partial charge in [0.2, 0.25) is 5.88 Å². The van der Waals surface area contributed by atoms with Crippen molar-refractivity contribution in [2.75, 3.05) is 25.5 Å². The summed E-state index contributed by atoms with van der Waals surface area (Å²) in [7, 11) is 3.45. The van der Waals surface area contributed by atoms with E-state index in [9.17, 15) is 19.8 Å². The number of pyridine rings is 2. The van der Waals surface area contributed by atoms with Crippen molar-refractivity contribution in [1.29, 1.82) is 0 Å². The van der Waals surface area contributed by atoms with Crippen molar-refractivity contribution in [1.82, 2.24) is 29.7 Å². The molecule has 0 radical (unpaired) electrons. The second kappa shape index (κ2) is 16.1. The average molecular weight is 763 g/mol. The molecule has 0 bridgehead atoms. The number of nitrogens with zero attached hydrogens (tertiary/aromatic N) is 5. The van der Waals surface area contributed by atoms with E-state index in [2.05, 4.69) is 20.5 Å². The highest BCUT2D eigenvalue weighted by molar-refractivity contribution is 6.39. The van der Waals surface area contributed by atoms with Crippen LogP contribution >= 0.6 is 23.2 Å². The van der Waals surface area contributed by atoms with Gasteiger partial charge in [-0.1, -0.05) is 41.4 Å². The fourth-order valence-electron chi connectivity index (χ4n) is 8.05. The quantitative estimate of drug-likeness (QED) is 0.136. The van der Waals surface area contributed by atoms with Crippen molar-refractivity contribution >= 4 is 40.8 Å². The number of carboxylic acids is 1. The number of fused-ring (bicyclic) bond motifs is 1. The molecule has 0 spiro atoms. The Hall–Kier alpha value is -4.07. The lowest BCUT2D eigenvalue weighted by atomic mass is 9.81. The number of nitrogens with one attached hydrogen (secondary N) is 2. The van der Waals surface area contributed by atoms with E-state index in [4.69, 9.17) is 37.9 Å². The first-order valence-corrected chi connectivity index (χ1v) is 19.0. The number of anilines is 1. The van der Waals surface area contributed by atoms with E-state index in [-0.39, 0.29) is 24.0 Å². The molecule has 12 nitrogen and oxygen atoms in total. The molecule has 2 atom stereocenters. The maximum Gasteiger partial charge on any atom is 0.306 e. The molecule has 2 fully saturated rings. The largest absolute Gasteiger partial charge is 0.481 e. The summed E-state index contributed by atoms with van der Waals surface area (Å²) in [6, 6.07) is 11.2. The summed E-state index contributed by atoms with van der Waals surface area (Å²) < 4.78 is 7.50. The molecule has 1 aromatic carbocycles. The molecule has 4 heterocycles. The van der Waals surface area contributed by atoms with Gasteiger partial charge in [-0.25, -0.2) is 9.97 Å². The number of hydrogen-bond acceptors (Lipinski definition) is 9. The zero-order chi connectivity index (χ0) is 37.2. The molecule has 4 aromatic rings. The van der Waals surface area contributed by atoms with Crippen LogP contribution < -0.4 is 15.4 Å². The lowest BCUT2D eigenvalue weighted by molar-refractivity contribution is -0.143. The lowest BCUT2D eigenvalue weighted by Crippen LogP contribution is -2.36. The standard InChI is InChI=1S/C39H45Cl2N7O5/c1-47-32-15-17-48(20-22-6-8-23(9-7-22)39(51)52)21-31(32)44-36(47)37(50)45-30-5-3-4-28(33(30)40)35-34(41)27(14-16-42-35)29-13-10-24(38(46-29)53-2)19-43-25-11-12-26(49)18-25/h3-5,10,13-14,16,22-23,25-26,43,49H,6-9,11-12,15,17-21H2,1-2H3,(H,45,50)(H,51,52)/t22?,23?,25-,26-/m1/s1. The SMILES string of the molecule is COc1nc(-c2ccnc(-c3cccc(NC(=O)c4nc5c(n4C)CCN(CC4CCC(C(=O)O)CC4)C5)c3Cl)c2Cl)ccc1CN[C@@H]1CC[C@@H](O)C1. The van der Waals surface area contributed by atoms with E-state index < -0.39 is 5.97 Å². The van der Waals surface area contributed by atoms with Gasteiger partial charge in [0, 0.05) is 74.3 Å². The third-order valence-electron chi connectivity index (χ3n) is 11.0. The highest BCUT2D eigenvalue weighted by Gasteiger charge is 2.31. The maximum atomic E-state index is 13.7. The number of aliphatic carboxylic acids is 1. The topological polar surface area (TPSA) is 155 Å². The van der Waals surface area contributed by atoms with Gasteiger partial charge >= 0.3 is 5.97 Å². The van der Waals surface area contributed by atoms with Crippen LogP contribution in [0, 0.1) is 11.8 Å². The van der Waals surface area contributed by atoms with Gasteiger partial charge in [0.1, 0.15) is 0 Å². The highest BCUT2D eigenvalue weighted by atomic mass is 35.5. The van der Waals surface area contributed by atoms with Crippen LogP contribution in [0.2, 0.25) is 10.0 Å². The Labute approximate surface area is 318 Å². The van der Waals surface area contributed by atoms with Crippen molar-refractivity contribution in [2.45, 2.75) is 76.6 Å². The van der Waals surface area contributed by atoms with Gasteiger partial charge in [-0.2, -0.15) is 0 Å². The summed E-state index contributed by atoms with van der Waals surface area (Å²) in [5, 5.41) is 26.3. The van der Waals surface area contributed by atoms with Crippen molar-refractivity contribution in [2.24, 2.45) is 18.9 Å². The molecular formula is C39H45Cl2N7O5. The number of aromatic nitrogens is 4. The zero-order valence-electron chi connectivity index (χ0n) is 29.9. The molecule has 3 aliphatic rings. The van der Waals surface area contributed by atoms with E-state index in [0.717, 1.165) is 81.4 Å². The van der Waals surface area contributed by atoms with Crippen molar-refractivity contribution in [3.63, 3.8) is 0 Å². The van der Waals surface area contributed by atoms with Crippen LogP contribution in [-0.2, 0) is 31.4 Å². The molecule has 14 heteroatoms. The number of amides is 1. The Morgan fingerprint density at radius 2 is 1.81 bits per heavy atom. The van der Waals surface area contributed by atoms with Gasteiger partial charge in [-0.15, -0.1) is 0 Å². The zero-order valence-corrected chi connectivity index (χ0v) is 31.5. The van der Waals surface area contributed by atoms with Crippen LogP contribution in [0.25, 0.3) is 22.5 Å². The molecule has 53 heavy (non-hydrogen) atoms. The fourth-order valence-corrected chi connectivity index (χ4v) is 8.62. The second-order valence-corrected chi connectivity index (χ2v) is 15.2. The van der Waals surface area contributed by atoms with Gasteiger partial charge in [-0.05, 0) is 69.1 Å². The van der Waals surface area contributed by atoms with Gasteiger partial charge in [-0.3, -0.25) is 19.5 Å². The van der Waals surface area contributed by atoms with Gasteiger partial charge in [0.15, 0.2) is 5.82 Å². The van der Waals surface area contributed by atoms with Crippen molar-refractivity contribution < 1.29 is 24.5 Å². The number of ether oxygens (including phenoxy) is 1. The minimum Gasteiger partial charge on any atom is -0.481 e. The highest BCUT2D eigenvalue weighted by Crippen LogP contribution is 2.40.